The number of carbonyl (C=O) groups excluding carboxylic acids is 2. The van der Waals surface area contributed by atoms with Gasteiger partial charge in [0.05, 0.1) is 36.0 Å². The third kappa shape index (κ3) is 3.19. The second-order valence-corrected chi connectivity index (χ2v) is 8.02. The summed E-state index contributed by atoms with van der Waals surface area (Å²) in [5.74, 6) is 1.60. The lowest BCUT2D eigenvalue weighted by Crippen LogP contribution is -2.16. The number of anilines is 1. The number of carbonyl (C=O) groups is 2. The number of aromatic amines is 1. The first-order chi connectivity index (χ1) is 16.6. The van der Waals surface area contributed by atoms with Crippen molar-refractivity contribution in [1.82, 2.24) is 10.2 Å². The average Bonchev–Trinajstić information content (AvgIpc) is 3.56. The van der Waals surface area contributed by atoms with Crippen LogP contribution in [0.15, 0.2) is 60.7 Å². The molecule has 2 N–H and O–H groups in total. The van der Waals surface area contributed by atoms with Crippen molar-refractivity contribution in [2.75, 3.05) is 19.2 Å². The molecule has 0 unspecified atom stereocenters. The lowest BCUT2D eigenvalue weighted by Gasteiger charge is -2.10. The van der Waals surface area contributed by atoms with Crippen LogP contribution in [0.2, 0.25) is 0 Å². The van der Waals surface area contributed by atoms with Crippen molar-refractivity contribution in [3.8, 4) is 39.8 Å². The fourth-order valence-corrected chi connectivity index (χ4v) is 4.38. The molecule has 1 aliphatic heterocycles. The molecule has 8 heteroatoms. The van der Waals surface area contributed by atoms with E-state index in [0.29, 0.717) is 45.3 Å². The number of ether oxygens (including phenoxy) is 3. The summed E-state index contributed by atoms with van der Waals surface area (Å²) in [6.45, 7) is 0.177. The summed E-state index contributed by atoms with van der Waals surface area (Å²) in [7, 11) is 1.60. The monoisotopic (exact) mass is 453 g/mol. The molecule has 0 spiro atoms. The molecular weight excluding hydrogens is 434 g/mol. The number of fused-ring (bicyclic) bond motifs is 4. The van der Waals surface area contributed by atoms with Crippen molar-refractivity contribution in [2.45, 2.75) is 6.42 Å². The maximum atomic E-state index is 13.5. The molecule has 34 heavy (non-hydrogen) atoms. The summed E-state index contributed by atoms with van der Waals surface area (Å²) in [5, 5.41) is 10.3. The predicted octanol–water partition coefficient (Wildman–Crippen LogP) is 4.21. The van der Waals surface area contributed by atoms with Crippen molar-refractivity contribution in [3.05, 3.63) is 77.4 Å². The Labute approximate surface area is 194 Å². The van der Waals surface area contributed by atoms with Crippen LogP contribution in [0.25, 0.3) is 22.5 Å². The Morgan fingerprint density at radius 3 is 2.71 bits per heavy atom. The van der Waals surface area contributed by atoms with E-state index in [1.54, 1.807) is 25.3 Å². The number of methoxy groups -OCH3 is 1. The Morgan fingerprint density at radius 1 is 1.06 bits per heavy atom. The molecule has 2 aliphatic rings. The third-order valence-corrected chi connectivity index (χ3v) is 5.99. The zero-order valence-electron chi connectivity index (χ0n) is 18.2. The quantitative estimate of drug-likeness (QED) is 0.413. The van der Waals surface area contributed by atoms with Crippen LogP contribution >= 0.6 is 0 Å². The van der Waals surface area contributed by atoms with Crippen LogP contribution in [-0.4, -0.2) is 35.8 Å². The van der Waals surface area contributed by atoms with Gasteiger partial charge in [0, 0.05) is 11.1 Å². The molecule has 0 radical (unpaired) electrons. The van der Waals surface area contributed by atoms with Gasteiger partial charge in [0.25, 0.3) is 0 Å². The van der Waals surface area contributed by atoms with E-state index in [-0.39, 0.29) is 24.9 Å². The lowest BCUT2D eigenvalue weighted by atomic mass is 10.0. The zero-order valence-corrected chi connectivity index (χ0v) is 18.2. The average molecular weight is 453 g/mol. The highest BCUT2D eigenvalue weighted by Crippen LogP contribution is 2.43. The number of nitrogens with one attached hydrogen (secondary N) is 2. The van der Waals surface area contributed by atoms with Gasteiger partial charge in [0.1, 0.15) is 11.4 Å². The fourth-order valence-electron chi connectivity index (χ4n) is 4.38. The first-order valence-corrected chi connectivity index (χ1v) is 10.7. The van der Waals surface area contributed by atoms with Crippen molar-refractivity contribution in [2.24, 2.45) is 0 Å². The molecular formula is C26H19N3O5. The smallest absolute Gasteiger partial charge is 0.231 e. The van der Waals surface area contributed by atoms with E-state index >= 15 is 0 Å². The molecule has 1 amide bonds. The molecule has 8 nitrogen and oxygen atoms in total. The van der Waals surface area contributed by atoms with Gasteiger partial charge in [-0.15, -0.1) is 0 Å². The van der Waals surface area contributed by atoms with Gasteiger partial charge >= 0.3 is 0 Å². The summed E-state index contributed by atoms with van der Waals surface area (Å²) in [5.41, 5.74) is 4.95. The molecule has 3 aromatic carbocycles. The molecule has 0 saturated carbocycles. The summed E-state index contributed by atoms with van der Waals surface area (Å²) in [4.78, 5) is 26.3. The van der Waals surface area contributed by atoms with E-state index in [4.69, 9.17) is 14.2 Å². The maximum absolute atomic E-state index is 13.5. The van der Waals surface area contributed by atoms with Crippen LogP contribution in [0.5, 0.6) is 17.2 Å². The number of aromatic nitrogens is 2. The Hall–Kier alpha value is -4.59. The number of ketones is 1. The number of benzene rings is 3. The summed E-state index contributed by atoms with van der Waals surface area (Å²) < 4.78 is 15.9. The van der Waals surface area contributed by atoms with Gasteiger partial charge < -0.3 is 19.5 Å². The highest BCUT2D eigenvalue weighted by molar-refractivity contribution is 6.27. The summed E-state index contributed by atoms with van der Waals surface area (Å²) in [6, 6.07) is 18.2. The molecule has 0 bridgehead atoms. The van der Waals surface area contributed by atoms with E-state index in [9.17, 15) is 9.59 Å². The van der Waals surface area contributed by atoms with Crippen molar-refractivity contribution < 1.29 is 23.8 Å². The van der Waals surface area contributed by atoms with Gasteiger partial charge in [-0.25, -0.2) is 0 Å². The van der Waals surface area contributed by atoms with Gasteiger partial charge in [-0.1, -0.05) is 18.2 Å². The van der Waals surface area contributed by atoms with E-state index in [1.807, 2.05) is 42.5 Å². The van der Waals surface area contributed by atoms with Crippen LogP contribution in [0.1, 0.15) is 21.5 Å². The minimum absolute atomic E-state index is 0.137. The molecule has 1 aromatic heterocycles. The van der Waals surface area contributed by atoms with Crippen LogP contribution in [-0.2, 0) is 11.2 Å². The standard InChI is InChI=1S/C26H19N3O5/c1-32-16-8-6-15(7-9-16)24-23-25(29-28-24)17-3-2-4-18(22(17)26(23)31)27-21(30)12-14-5-10-19-20(11-14)34-13-33-19/h2-11H,12-13H2,1H3,(H,27,30)(H,28,29). The normalized spacial score (nSPS) is 12.9. The summed E-state index contributed by atoms with van der Waals surface area (Å²) in [6.07, 6.45) is 0.137. The molecule has 168 valence electrons. The van der Waals surface area contributed by atoms with E-state index in [0.717, 1.165) is 16.9 Å². The van der Waals surface area contributed by atoms with Gasteiger partial charge in [-0.3, -0.25) is 14.7 Å². The number of nitrogens with zero attached hydrogens (tertiary/aromatic N) is 1. The summed E-state index contributed by atoms with van der Waals surface area (Å²) >= 11 is 0. The molecule has 6 rings (SSSR count). The van der Waals surface area contributed by atoms with Crippen LogP contribution in [0, 0.1) is 0 Å². The van der Waals surface area contributed by atoms with Crippen molar-refractivity contribution in [3.63, 3.8) is 0 Å². The van der Waals surface area contributed by atoms with E-state index < -0.39 is 0 Å². The second kappa shape index (κ2) is 7.77. The van der Waals surface area contributed by atoms with Crippen LogP contribution in [0.3, 0.4) is 0 Å². The Bertz CT molecular complexity index is 1460. The lowest BCUT2D eigenvalue weighted by molar-refractivity contribution is -0.115. The number of amides is 1. The SMILES string of the molecule is COc1ccc(-c2n[nH]c3c2C(=O)c2c(NC(=O)Cc4ccc5c(c4)OCO5)cccc2-3)cc1. The van der Waals surface area contributed by atoms with E-state index in [2.05, 4.69) is 15.5 Å². The second-order valence-electron chi connectivity index (χ2n) is 8.02. The Morgan fingerprint density at radius 2 is 1.88 bits per heavy atom. The first-order valence-electron chi connectivity index (χ1n) is 10.7. The highest BCUT2D eigenvalue weighted by Gasteiger charge is 2.35. The number of hydrogen-bond donors (Lipinski definition) is 2. The first kappa shape index (κ1) is 20.0. The molecule has 1 aliphatic carbocycles. The molecule has 0 fully saturated rings. The van der Waals surface area contributed by atoms with Gasteiger partial charge in [-0.05, 0) is 48.0 Å². The Balaban J connectivity index is 1.28. The zero-order chi connectivity index (χ0) is 23.2. The highest BCUT2D eigenvalue weighted by atomic mass is 16.7. The number of hydrogen-bond acceptors (Lipinski definition) is 6. The van der Waals surface area contributed by atoms with Crippen molar-refractivity contribution in [1.29, 1.82) is 0 Å². The third-order valence-electron chi connectivity index (χ3n) is 5.99. The van der Waals surface area contributed by atoms with Gasteiger partial charge in [0.2, 0.25) is 12.7 Å². The number of rotatable bonds is 5. The largest absolute Gasteiger partial charge is 0.497 e. The number of H-pyrrole nitrogens is 1. The maximum Gasteiger partial charge on any atom is 0.231 e. The molecule has 0 atom stereocenters. The predicted molar refractivity (Wildman–Crippen MR) is 124 cm³/mol. The molecule has 2 heterocycles. The van der Waals surface area contributed by atoms with Gasteiger partial charge in [0.15, 0.2) is 17.3 Å². The van der Waals surface area contributed by atoms with Crippen molar-refractivity contribution >= 4 is 17.4 Å². The minimum Gasteiger partial charge on any atom is -0.497 e. The molecule has 0 saturated heterocycles. The Kier molecular flexibility index (Phi) is 4.58. The van der Waals surface area contributed by atoms with Crippen LogP contribution < -0.4 is 19.5 Å². The van der Waals surface area contributed by atoms with Crippen LogP contribution in [0.4, 0.5) is 5.69 Å². The fraction of sp³-hybridized carbons (Fsp3) is 0.115. The van der Waals surface area contributed by atoms with E-state index in [1.165, 1.54) is 0 Å². The minimum atomic E-state index is -0.232. The van der Waals surface area contributed by atoms with Gasteiger partial charge in [-0.2, -0.15) is 5.10 Å². The topological polar surface area (TPSA) is 103 Å². The molecule has 4 aromatic rings.